The third-order valence-corrected chi connectivity index (χ3v) is 2.28. The zero-order chi connectivity index (χ0) is 12.5. The Morgan fingerprint density at radius 1 is 1.28 bits per heavy atom. The Labute approximate surface area is 99.9 Å². The largest absolute Gasteiger partial charge is 0.383 e. The molecule has 18 heavy (non-hydrogen) atoms. The molecule has 3 N–H and O–H groups in total. The molecule has 0 aromatic carbocycles. The first-order valence-electron chi connectivity index (χ1n) is 4.99. The zero-order valence-electron chi connectivity index (χ0n) is 8.96. The number of nitrogens with zero attached hydrogens (tertiary/aromatic N) is 4. The summed E-state index contributed by atoms with van der Waals surface area (Å²) in [5.74, 6) is 0.381. The fourth-order valence-electron chi connectivity index (χ4n) is 1.41. The summed E-state index contributed by atoms with van der Waals surface area (Å²) in [6.45, 7) is 0. The van der Waals surface area contributed by atoms with Gasteiger partial charge in [-0.25, -0.2) is 9.37 Å². The van der Waals surface area contributed by atoms with Crippen LogP contribution in [0.5, 0.6) is 0 Å². The van der Waals surface area contributed by atoms with Gasteiger partial charge in [0.2, 0.25) is 5.82 Å². The minimum Gasteiger partial charge on any atom is -0.383 e. The van der Waals surface area contributed by atoms with Gasteiger partial charge in [-0.15, -0.1) is 0 Å². The maximum absolute atomic E-state index is 12.7. The predicted molar refractivity (Wildman–Crippen MR) is 59.5 cm³/mol. The highest BCUT2D eigenvalue weighted by Gasteiger charge is 2.14. The van der Waals surface area contributed by atoms with E-state index in [1.54, 1.807) is 0 Å². The van der Waals surface area contributed by atoms with Gasteiger partial charge in [-0.1, -0.05) is 5.16 Å². The molecule has 0 aliphatic rings. The monoisotopic (exact) mass is 246 g/mol. The number of halogens is 1. The van der Waals surface area contributed by atoms with Gasteiger partial charge in [0.1, 0.15) is 22.9 Å². The van der Waals surface area contributed by atoms with Gasteiger partial charge in [0, 0.05) is 0 Å². The predicted octanol–water partition coefficient (Wildman–Crippen LogP) is 1.24. The Morgan fingerprint density at radius 2 is 2.17 bits per heavy atom. The summed E-state index contributed by atoms with van der Waals surface area (Å²) in [5.41, 5.74) is 6.55. The summed E-state index contributed by atoms with van der Waals surface area (Å²) >= 11 is 0. The smallest absolute Gasteiger partial charge is 0.263 e. The van der Waals surface area contributed by atoms with Gasteiger partial charge in [0.05, 0.1) is 12.4 Å². The lowest BCUT2D eigenvalue weighted by Gasteiger charge is -1.91. The summed E-state index contributed by atoms with van der Waals surface area (Å²) in [7, 11) is 0. The first kappa shape index (κ1) is 10.4. The van der Waals surface area contributed by atoms with E-state index in [0.29, 0.717) is 17.1 Å². The third kappa shape index (κ3) is 1.69. The van der Waals surface area contributed by atoms with E-state index < -0.39 is 5.82 Å². The molecule has 90 valence electrons. The molecular formula is C10H7FN6O. The van der Waals surface area contributed by atoms with E-state index in [9.17, 15) is 4.39 Å². The van der Waals surface area contributed by atoms with Crippen molar-refractivity contribution in [1.29, 1.82) is 0 Å². The Hall–Kier alpha value is -2.77. The highest BCUT2D eigenvalue weighted by atomic mass is 19.1. The molecular weight excluding hydrogens is 239 g/mol. The molecule has 3 rings (SSSR count). The Morgan fingerprint density at radius 3 is 2.83 bits per heavy atom. The van der Waals surface area contributed by atoms with E-state index >= 15 is 0 Å². The van der Waals surface area contributed by atoms with Crippen LogP contribution in [0.15, 0.2) is 29.0 Å². The van der Waals surface area contributed by atoms with Gasteiger partial charge in [-0.05, 0) is 12.1 Å². The second-order valence-electron chi connectivity index (χ2n) is 3.48. The van der Waals surface area contributed by atoms with Crippen LogP contribution in [-0.4, -0.2) is 25.3 Å². The van der Waals surface area contributed by atoms with Crippen LogP contribution in [0.2, 0.25) is 0 Å². The lowest BCUT2D eigenvalue weighted by atomic mass is 10.3. The quantitative estimate of drug-likeness (QED) is 0.704. The average Bonchev–Trinajstić information content (AvgIpc) is 2.98. The fraction of sp³-hybridized carbons (Fsp3) is 0. The zero-order valence-corrected chi connectivity index (χ0v) is 8.96. The number of hydrogen-bond donors (Lipinski definition) is 2. The number of nitrogens with one attached hydrogen (secondary N) is 1. The summed E-state index contributed by atoms with van der Waals surface area (Å²) in [5, 5.41) is 10.1. The molecule has 0 amide bonds. The van der Waals surface area contributed by atoms with Gasteiger partial charge in [0.15, 0.2) is 0 Å². The molecule has 3 aromatic rings. The number of rotatable bonds is 2. The summed E-state index contributed by atoms with van der Waals surface area (Å²) in [6.07, 6.45) is 2.56. The molecule has 0 spiro atoms. The number of nitrogens with two attached hydrogens (primary N) is 1. The first-order chi connectivity index (χ1) is 8.74. The van der Waals surface area contributed by atoms with Crippen molar-refractivity contribution in [3.63, 3.8) is 0 Å². The molecule has 0 aliphatic carbocycles. The number of hydrogen-bond acceptors (Lipinski definition) is 6. The van der Waals surface area contributed by atoms with Crippen molar-refractivity contribution in [3.8, 4) is 23.0 Å². The number of nitrogen functional groups attached to an aromatic ring is 1. The van der Waals surface area contributed by atoms with Crippen molar-refractivity contribution in [3.05, 3.63) is 30.3 Å². The fourth-order valence-corrected chi connectivity index (χ4v) is 1.41. The molecule has 7 nitrogen and oxygen atoms in total. The minimum atomic E-state index is -0.429. The highest BCUT2D eigenvalue weighted by Crippen LogP contribution is 2.23. The standard InChI is InChI=1S/C10H7FN6O/c11-5-1-2-7(13-3-5)9-15-10(18-17-9)6-4-14-16-8(6)12/h1-4H,(H3,12,14,16). The second-order valence-corrected chi connectivity index (χ2v) is 3.48. The lowest BCUT2D eigenvalue weighted by molar-refractivity contribution is 0.432. The molecule has 3 heterocycles. The molecule has 0 aliphatic heterocycles. The lowest BCUT2D eigenvalue weighted by Crippen LogP contribution is -1.88. The normalized spacial score (nSPS) is 10.7. The average molecular weight is 246 g/mol. The number of anilines is 1. The SMILES string of the molecule is Nc1[nH]ncc1-c1nc(-c2ccc(F)cn2)no1. The molecule has 0 fully saturated rings. The second kappa shape index (κ2) is 3.91. The molecule has 0 saturated carbocycles. The van der Waals surface area contributed by atoms with E-state index in [0.717, 1.165) is 6.20 Å². The van der Waals surface area contributed by atoms with Crippen LogP contribution in [0.25, 0.3) is 23.0 Å². The van der Waals surface area contributed by atoms with Crippen molar-refractivity contribution in [1.82, 2.24) is 25.3 Å². The van der Waals surface area contributed by atoms with Crippen molar-refractivity contribution in [2.75, 3.05) is 5.73 Å². The van der Waals surface area contributed by atoms with E-state index in [4.69, 9.17) is 10.3 Å². The highest BCUT2D eigenvalue weighted by molar-refractivity contribution is 5.67. The molecule has 3 aromatic heterocycles. The maximum atomic E-state index is 12.7. The van der Waals surface area contributed by atoms with Gasteiger partial charge in [0.25, 0.3) is 5.89 Å². The van der Waals surface area contributed by atoms with Gasteiger partial charge in [-0.2, -0.15) is 10.1 Å². The third-order valence-electron chi connectivity index (χ3n) is 2.28. The van der Waals surface area contributed by atoms with E-state index in [-0.39, 0.29) is 11.7 Å². The molecule has 0 atom stereocenters. The molecule has 8 heteroatoms. The summed E-state index contributed by atoms with van der Waals surface area (Å²) < 4.78 is 17.8. The topological polar surface area (TPSA) is 107 Å². The molecule has 0 bridgehead atoms. The van der Waals surface area contributed by atoms with E-state index in [1.807, 2.05) is 0 Å². The molecule has 0 unspecified atom stereocenters. The van der Waals surface area contributed by atoms with Crippen molar-refractivity contribution in [2.24, 2.45) is 0 Å². The number of pyridine rings is 1. The number of aromatic amines is 1. The maximum Gasteiger partial charge on any atom is 0.263 e. The van der Waals surface area contributed by atoms with Crippen molar-refractivity contribution < 1.29 is 8.91 Å². The van der Waals surface area contributed by atoms with Crippen LogP contribution in [0.4, 0.5) is 10.2 Å². The first-order valence-corrected chi connectivity index (χ1v) is 4.99. The van der Waals surface area contributed by atoms with Crippen LogP contribution in [0.1, 0.15) is 0 Å². The van der Waals surface area contributed by atoms with Gasteiger partial charge in [-0.3, -0.25) is 5.10 Å². The van der Waals surface area contributed by atoms with Crippen molar-refractivity contribution in [2.45, 2.75) is 0 Å². The van der Waals surface area contributed by atoms with E-state index in [2.05, 4.69) is 25.3 Å². The molecule has 0 saturated heterocycles. The summed E-state index contributed by atoms with van der Waals surface area (Å²) in [6, 6.07) is 2.73. The Kier molecular flexibility index (Phi) is 2.26. The Balaban J connectivity index is 1.99. The van der Waals surface area contributed by atoms with Crippen LogP contribution < -0.4 is 5.73 Å². The number of aromatic nitrogens is 5. The minimum absolute atomic E-state index is 0.224. The van der Waals surface area contributed by atoms with Crippen LogP contribution >= 0.6 is 0 Å². The number of H-pyrrole nitrogens is 1. The van der Waals surface area contributed by atoms with Crippen LogP contribution in [-0.2, 0) is 0 Å². The molecule has 0 radical (unpaired) electrons. The van der Waals surface area contributed by atoms with Crippen LogP contribution in [0.3, 0.4) is 0 Å². The van der Waals surface area contributed by atoms with Gasteiger partial charge >= 0.3 is 0 Å². The Bertz CT molecular complexity index is 674. The van der Waals surface area contributed by atoms with Crippen molar-refractivity contribution >= 4 is 5.82 Å². The summed E-state index contributed by atoms with van der Waals surface area (Å²) in [4.78, 5) is 7.96. The van der Waals surface area contributed by atoms with Gasteiger partial charge < -0.3 is 10.3 Å². The van der Waals surface area contributed by atoms with Crippen LogP contribution in [0, 0.1) is 5.82 Å². The van der Waals surface area contributed by atoms with E-state index in [1.165, 1.54) is 18.3 Å².